The van der Waals surface area contributed by atoms with Crippen molar-refractivity contribution in [2.24, 2.45) is 5.92 Å². The van der Waals surface area contributed by atoms with Crippen LogP contribution < -0.4 is 4.90 Å². The summed E-state index contributed by atoms with van der Waals surface area (Å²) in [6.45, 7) is 12.6. The molecule has 2 aromatic carbocycles. The minimum absolute atomic E-state index is 0.436. The summed E-state index contributed by atoms with van der Waals surface area (Å²) in [6, 6.07) is 20.2. The molecule has 0 aromatic heterocycles. The lowest BCUT2D eigenvalue weighted by molar-refractivity contribution is 0.0567. The van der Waals surface area contributed by atoms with Crippen molar-refractivity contribution in [2.45, 2.75) is 46.2 Å². The van der Waals surface area contributed by atoms with Gasteiger partial charge in [0.05, 0.1) is 12.6 Å². The average molecular weight is 381 g/mol. The third-order valence-corrected chi connectivity index (χ3v) is 5.46. The molecule has 1 heterocycles. The Morgan fingerprint density at radius 3 is 2.25 bits per heavy atom. The van der Waals surface area contributed by atoms with E-state index in [4.69, 9.17) is 4.74 Å². The van der Waals surface area contributed by atoms with Crippen LogP contribution in [0.5, 0.6) is 0 Å². The van der Waals surface area contributed by atoms with Crippen LogP contribution in [0.3, 0.4) is 0 Å². The van der Waals surface area contributed by atoms with Gasteiger partial charge in [0.2, 0.25) is 0 Å². The summed E-state index contributed by atoms with van der Waals surface area (Å²) < 4.78 is 6.11. The standard InChI is InChI=1S/C25H36N2O/c1-21(2)19-28-20-25(26-15-7-8-16-26)18-27(17-23-9-5-4-6-10-23)24-13-11-22(3)12-14-24/h4-6,9-14,21,25H,7-8,15-20H2,1-3H3. The number of hydrogen-bond acceptors (Lipinski definition) is 3. The SMILES string of the molecule is Cc1ccc(N(Cc2ccccc2)CC(COCC(C)C)N2CCCC2)cc1. The molecule has 152 valence electrons. The highest BCUT2D eigenvalue weighted by Crippen LogP contribution is 2.21. The van der Waals surface area contributed by atoms with Crippen molar-refractivity contribution in [2.75, 3.05) is 37.7 Å². The van der Waals surface area contributed by atoms with Gasteiger partial charge in [-0.05, 0) is 56.5 Å². The highest BCUT2D eigenvalue weighted by molar-refractivity contribution is 5.48. The van der Waals surface area contributed by atoms with Crippen LogP contribution in [0.25, 0.3) is 0 Å². The molecule has 1 aliphatic heterocycles. The fraction of sp³-hybridized carbons (Fsp3) is 0.520. The quantitative estimate of drug-likeness (QED) is 0.568. The maximum Gasteiger partial charge on any atom is 0.0639 e. The molecule has 0 bridgehead atoms. The first-order chi connectivity index (χ1) is 13.6. The first-order valence-corrected chi connectivity index (χ1v) is 10.8. The Hall–Kier alpha value is -1.84. The summed E-state index contributed by atoms with van der Waals surface area (Å²) in [5.41, 5.74) is 3.95. The molecule has 2 aromatic rings. The van der Waals surface area contributed by atoms with Crippen LogP contribution >= 0.6 is 0 Å². The average Bonchev–Trinajstić information content (AvgIpc) is 3.22. The van der Waals surface area contributed by atoms with Crippen molar-refractivity contribution in [1.82, 2.24) is 4.90 Å². The second-order valence-corrected chi connectivity index (χ2v) is 8.53. The molecule has 3 heteroatoms. The van der Waals surface area contributed by atoms with E-state index < -0.39 is 0 Å². The zero-order valence-electron chi connectivity index (χ0n) is 17.8. The summed E-state index contributed by atoms with van der Waals surface area (Å²) in [4.78, 5) is 5.16. The molecule has 1 unspecified atom stereocenters. The lowest BCUT2D eigenvalue weighted by Crippen LogP contribution is -2.45. The number of hydrogen-bond donors (Lipinski definition) is 0. The summed E-state index contributed by atoms with van der Waals surface area (Å²) in [7, 11) is 0. The molecule has 28 heavy (non-hydrogen) atoms. The van der Waals surface area contributed by atoms with Gasteiger partial charge in [-0.1, -0.05) is 61.9 Å². The van der Waals surface area contributed by atoms with Gasteiger partial charge in [-0.15, -0.1) is 0 Å². The Morgan fingerprint density at radius 1 is 0.929 bits per heavy atom. The van der Waals surface area contributed by atoms with Crippen molar-refractivity contribution >= 4 is 5.69 Å². The Kier molecular flexibility index (Phi) is 7.93. The van der Waals surface area contributed by atoms with Crippen LogP contribution in [0.1, 0.15) is 37.8 Å². The van der Waals surface area contributed by atoms with Crippen molar-refractivity contribution in [3.63, 3.8) is 0 Å². The number of ether oxygens (including phenoxy) is 1. The third-order valence-electron chi connectivity index (χ3n) is 5.46. The van der Waals surface area contributed by atoms with Crippen LogP contribution in [-0.4, -0.2) is 43.8 Å². The molecule has 0 spiro atoms. The second kappa shape index (κ2) is 10.6. The lowest BCUT2D eigenvalue weighted by Gasteiger charge is -2.34. The molecule has 3 rings (SSSR count). The van der Waals surface area contributed by atoms with Crippen LogP contribution in [0.2, 0.25) is 0 Å². The summed E-state index contributed by atoms with van der Waals surface area (Å²) in [6.07, 6.45) is 2.62. The van der Waals surface area contributed by atoms with E-state index in [-0.39, 0.29) is 0 Å². The first kappa shape index (κ1) is 20.9. The second-order valence-electron chi connectivity index (χ2n) is 8.53. The number of rotatable bonds is 10. The van der Waals surface area contributed by atoms with Gasteiger partial charge >= 0.3 is 0 Å². The van der Waals surface area contributed by atoms with Gasteiger partial charge < -0.3 is 9.64 Å². The summed E-state index contributed by atoms with van der Waals surface area (Å²) in [5, 5.41) is 0. The van der Waals surface area contributed by atoms with Gasteiger partial charge in [0.25, 0.3) is 0 Å². The van der Waals surface area contributed by atoms with Crippen molar-refractivity contribution in [3.05, 3.63) is 65.7 Å². The molecule has 1 atom stereocenters. The number of anilines is 1. The molecule has 0 aliphatic carbocycles. The van der Waals surface area contributed by atoms with Crippen LogP contribution in [-0.2, 0) is 11.3 Å². The fourth-order valence-electron chi connectivity index (χ4n) is 3.90. The monoisotopic (exact) mass is 380 g/mol. The normalized spacial score (nSPS) is 15.9. The van der Waals surface area contributed by atoms with Gasteiger partial charge in [-0.25, -0.2) is 0 Å². The minimum atomic E-state index is 0.436. The van der Waals surface area contributed by atoms with Gasteiger partial charge in [0, 0.05) is 25.4 Å². The zero-order chi connectivity index (χ0) is 19.8. The predicted octanol–water partition coefficient (Wildman–Crippen LogP) is 5.14. The van der Waals surface area contributed by atoms with E-state index in [1.807, 2.05) is 0 Å². The summed E-state index contributed by atoms with van der Waals surface area (Å²) >= 11 is 0. The molecule has 0 N–H and O–H groups in total. The number of benzene rings is 2. The first-order valence-electron chi connectivity index (χ1n) is 10.8. The number of likely N-dealkylation sites (tertiary alicyclic amines) is 1. The van der Waals surface area contributed by atoms with Gasteiger partial charge in [0.15, 0.2) is 0 Å². The molecule has 0 amide bonds. The van der Waals surface area contributed by atoms with Crippen LogP contribution in [0, 0.1) is 12.8 Å². The smallest absolute Gasteiger partial charge is 0.0639 e. The maximum atomic E-state index is 6.11. The van der Waals surface area contributed by atoms with Crippen molar-refractivity contribution in [1.29, 1.82) is 0 Å². The van der Waals surface area contributed by atoms with E-state index in [9.17, 15) is 0 Å². The molecule has 1 fully saturated rings. The number of aryl methyl sites for hydroxylation is 1. The maximum absolute atomic E-state index is 6.11. The van der Waals surface area contributed by atoms with E-state index in [0.717, 1.165) is 26.3 Å². The molecule has 1 aliphatic rings. The third kappa shape index (κ3) is 6.35. The zero-order valence-corrected chi connectivity index (χ0v) is 17.8. The van der Waals surface area contributed by atoms with Crippen LogP contribution in [0.15, 0.2) is 54.6 Å². The Balaban J connectivity index is 1.76. The molecule has 1 saturated heterocycles. The highest BCUT2D eigenvalue weighted by atomic mass is 16.5. The largest absolute Gasteiger partial charge is 0.379 e. The minimum Gasteiger partial charge on any atom is -0.379 e. The van der Waals surface area contributed by atoms with Crippen LogP contribution in [0.4, 0.5) is 5.69 Å². The summed E-state index contributed by atoms with van der Waals surface area (Å²) in [5.74, 6) is 0.580. The van der Waals surface area contributed by atoms with E-state index >= 15 is 0 Å². The van der Waals surface area contributed by atoms with E-state index in [1.165, 1.54) is 42.7 Å². The van der Waals surface area contributed by atoms with Crippen molar-refractivity contribution in [3.8, 4) is 0 Å². The van der Waals surface area contributed by atoms with E-state index in [1.54, 1.807) is 0 Å². The molecule has 3 nitrogen and oxygen atoms in total. The fourth-order valence-corrected chi connectivity index (χ4v) is 3.90. The molecular weight excluding hydrogens is 344 g/mol. The van der Waals surface area contributed by atoms with Crippen molar-refractivity contribution < 1.29 is 4.74 Å². The molecule has 0 saturated carbocycles. The number of nitrogens with zero attached hydrogens (tertiary/aromatic N) is 2. The molecule has 0 radical (unpaired) electrons. The van der Waals surface area contributed by atoms with Gasteiger partial charge in [-0.2, -0.15) is 0 Å². The topological polar surface area (TPSA) is 15.7 Å². The Labute approximate surface area is 171 Å². The predicted molar refractivity (Wildman–Crippen MR) is 119 cm³/mol. The van der Waals surface area contributed by atoms with Gasteiger partial charge in [-0.3, -0.25) is 4.90 Å². The van der Waals surface area contributed by atoms with E-state index in [0.29, 0.717) is 12.0 Å². The highest BCUT2D eigenvalue weighted by Gasteiger charge is 2.25. The lowest BCUT2D eigenvalue weighted by atomic mass is 10.1. The van der Waals surface area contributed by atoms with Gasteiger partial charge in [0.1, 0.15) is 0 Å². The van der Waals surface area contributed by atoms with E-state index in [2.05, 4.69) is 85.2 Å². The Bertz CT molecular complexity index is 677. The Morgan fingerprint density at radius 2 is 1.61 bits per heavy atom. The molecular formula is C25H36N2O.